The van der Waals surface area contributed by atoms with Crippen LogP contribution < -0.4 is 0 Å². The predicted molar refractivity (Wildman–Crippen MR) is 79.6 cm³/mol. The maximum Gasteiger partial charge on any atom is 0.270 e. The number of rotatable bonds is 5. The van der Waals surface area contributed by atoms with Crippen LogP contribution in [0, 0.1) is 10.1 Å². The lowest BCUT2D eigenvalue weighted by Gasteiger charge is -2.03. The summed E-state index contributed by atoms with van der Waals surface area (Å²) in [5.41, 5.74) is 0.248. The number of non-ortho nitro benzene ring substituents is 1. The third-order valence-corrected chi connectivity index (χ3v) is 4.09. The van der Waals surface area contributed by atoms with Crippen molar-refractivity contribution in [1.82, 2.24) is 0 Å². The fourth-order valence-corrected chi connectivity index (χ4v) is 2.71. The Morgan fingerprint density at radius 3 is 2.65 bits per heavy atom. The number of halogens is 1. The highest BCUT2D eigenvalue weighted by molar-refractivity contribution is 8.00. The molecule has 0 amide bonds. The van der Waals surface area contributed by atoms with Crippen LogP contribution in [0.15, 0.2) is 53.4 Å². The number of ketones is 1. The second-order valence-corrected chi connectivity index (χ2v) is 5.37. The fraction of sp³-hybridized carbons (Fsp3) is 0.0714. The molecule has 0 aliphatic heterocycles. The second kappa shape index (κ2) is 6.54. The lowest BCUT2D eigenvalue weighted by Crippen LogP contribution is -2.03. The van der Waals surface area contributed by atoms with E-state index in [0.717, 1.165) is 4.90 Å². The Morgan fingerprint density at radius 1 is 1.20 bits per heavy atom. The minimum Gasteiger partial charge on any atom is -0.293 e. The first-order valence-electron chi connectivity index (χ1n) is 5.73. The van der Waals surface area contributed by atoms with E-state index in [4.69, 9.17) is 11.6 Å². The average Bonchev–Trinajstić information content (AvgIpc) is 2.46. The number of hydrogen-bond acceptors (Lipinski definition) is 4. The summed E-state index contributed by atoms with van der Waals surface area (Å²) < 4.78 is 0. The maximum absolute atomic E-state index is 12.0. The Hall–Kier alpha value is -1.85. The minimum atomic E-state index is -0.516. The Balaban J connectivity index is 2.07. The molecule has 0 spiro atoms. The van der Waals surface area contributed by atoms with Crippen molar-refractivity contribution in [2.75, 3.05) is 5.75 Å². The molecule has 0 saturated heterocycles. The highest BCUT2D eigenvalue weighted by Crippen LogP contribution is 2.27. The maximum atomic E-state index is 12.0. The van der Waals surface area contributed by atoms with Crippen LogP contribution in [0.1, 0.15) is 10.4 Å². The molecule has 0 heterocycles. The zero-order chi connectivity index (χ0) is 14.5. The van der Waals surface area contributed by atoms with Gasteiger partial charge < -0.3 is 0 Å². The van der Waals surface area contributed by atoms with Gasteiger partial charge >= 0.3 is 0 Å². The molecule has 20 heavy (non-hydrogen) atoms. The molecule has 0 aliphatic rings. The number of hydrogen-bond donors (Lipinski definition) is 0. The van der Waals surface area contributed by atoms with Crippen LogP contribution in [0.2, 0.25) is 5.02 Å². The lowest BCUT2D eigenvalue weighted by molar-refractivity contribution is -0.384. The van der Waals surface area contributed by atoms with Crippen LogP contribution in [0.25, 0.3) is 0 Å². The van der Waals surface area contributed by atoms with Crippen molar-refractivity contribution >= 4 is 34.8 Å². The predicted octanol–water partition coefficient (Wildman–Crippen LogP) is 4.22. The smallest absolute Gasteiger partial charge is 0.270 e. The van der Waals surface area contributed by atoms with Crippen molar-refractivity contribution in [1.29, 1.82) is 0 Å². The van der Waals surface area contributed by atoms with Crippen molar-refractivity contribution in [3.8, 4) is 0 Å². The van der Waals surface area contributed by atoms with Crippen LogP contribution >= 0.6 is 23.4 Å². The quantitative estimate of drug-likeness (QED) is 0.359. The molecule has 0 fully saturated rings. The van der Waals surface area contributed by atoms with Gasteiger partial charge in [0.1, 0.15) is 0 Å². The summed E-state index contributed by atoms with van der Waals surface area (Å²) in [6, 6.07) is 13.0. The van der Waals surface area contributed by atoms with Crippen molar-refractivity contribution in [2.24, 2.45) is 0 Å². The number of nitrogens with zero attached hydrogens (tertiary/aromatic N) is 1. The molecule has 0 saturated carbocycles. The first-order chi connectivity index (χ1) is 9.58. The second-order valence-electron chi connectivity index (χ2n) is 3.95. The third-order valence-electron chi connectivity index (χ3n) is 2.57. The zero-order valence-electron chi connectivity index (χ0n) is 10.3. The Bertz CT molecular complexity index is 660. The van der Waals surface area contributed by atoms with E-state index < -0.39 is 4.92 Å². The van der Waals surface area contributed by atoms with Crippen molar-refractivity contribution in [2.45, 2.75) is 4.90 Å². The van der Waals surface area contributed by atoms with E-state index in [1.165, 1.54) is 30.0 Å². The van der Waals surface area contributed by atoms with Gasteiger partial charge in [0.2, 0.25) is 0 Å². The highest BCUT2D eigenvalue weighted by Gasteiger charge is 2.12. The highest BCUT2D eigenvalue weighted by atomic mass is 35.5. The molecular formula is C14H10ClNO3S. The molecule has 102 valence electrons. The molecule has 6 heteroatoms. The summed E-state index contributed by atoms with van der Waals surface area (Å²) in [5.74, 6) is 0.0175. The molecule has 0 unspecified atom stereocenters. The fourth-order valence-electron chi connectivity index (χ4n) is 1.58. The normalized spacial score (nSPS) is 10.2. The van der Waals surface area contributed by atoms with Gasteiger partial charge in [0.15, 0.2) is 5.78 Å². The van der Waals surface area contributed by atoms with E-state index in [1.54, 1.807) is 12.1 Å². The lowest BCUT2D eigenvalue weighted by atomic mass is 10.1. The molecule has 0 aromatic heterocycles. The first kappa shape index (κ1) is 14.6. The summed E-state index contributed by atoms with van der Waals surface area (Å²) in [6.07, 6.45) is 0. The molecule has 0 atom stereocenters. The van der Waals surface area contributed by atoms with Gasteiger partial charge in [-0.1, -0.05) is 35.9 Å². The number of carbonyl (C=O) groups is 1. The molecule has 0 radical (unpaired) electrons. The largest absolute Gasteiger partial charge is 0.293 e. The molecule has 0 bridgehead atoms. The Labute approximate surface area is 124 Å². The van der Waals surface area contributed by atoms with Gasteiger partial charge in [-0.05, 0) is 12.1 Å². The van der Waals surface area contributed by atoms with Gasteiger partial charge in [0.05, 0.1) is 15.7 Å². The van der Waals surface area contributed by atoms with E-state index in [2.05, 4.69) is 0 Å². The van der Waals surface area contributed by atoms with Crippen molar-refractivity contribution in [3.05, 3.63) is 69.2 Å². The third kappa shape index (κ3) is 3.59. The van der Waals surface area contributed by atoms with Crippen LogP contribution in [0.5, 0.6) is 0 Å². The van der Waals surface area contributed by atoms with Crippen molar-refractivity contribution < 1.29 is 9.72 Å². The average molecular weight is 308 g/mol. The SMILES string of the molecule is O=C(CSc1ccccc1Cl)c1cccc([N+](=O)[O-])c1. The van der Waals surface area contributed by atoms with Gasteiger partial charge in [-0.2, -0.15) is 0 Å². The zero-order valence-corrected chi connectivity index (χ0v) is 11.9. The van der Waals surface area contributed by atoms with E-state index in [0.29, 0.717) is 10.6 Å². The van der Waals surface area contributed by atoms with Gasteiger partial charge in [-0.25, -0.2) is 0 Å². The van der Waals surface area contributed by atoms with Crippen LogP contribution in [0.3, 0.4) is 0 Å². The van der Waals surface area contributed by atoms with Gasteiger partial charge in [-0.15, -0.1) is 11.8 Å². The molecule has 4 nitrogen and oxygen atoms in total. The van der Waals surface area contributed by atoms with Crippen LogP contribution in [-0.4, -0.2) is 16.5 Å². The summed E-state index contributed by atoms with van der Waals surface area (Å²) >= 11 is 7.31. The van der Waals surface area contributed by atoms with Gasteiger partial charge in [0.25, 0.3) is 5.69 Å². The van der Waals surface area contributed by atoms with E-state index in [1.807, 2.05) is 18.2 Å². The monoisotopic (exact) mass is 307 g/mol. The van der Waals surface area contributed by atoms with Gasteiger partial charge in [-0.3, -0.25) is 14.9 Å². The van der Waals surface area contributed by atoms with Crippen LogP contribution in [0.4, 0.5) is 5.69 Å². The number of nitro benzene ring substituents is 1. The first-order valence-corrected chi connectivity index (χ1v) is 7.09. The summed E-state index contributed by atoms with van der Waals surface area (Å²) in [6.45, 7) is 0. The summed E-state index contributed by atoms with van der Waals surface area (Å²) in [4.78, 5) is 23.0. The molecule has 2 rings (SSSR count). The molecule has 2 aromatic rings. The molecular weight excluding hydrogens is 298 g/mol. The van der Waals surface area contributed by atoms with Gasteiger partial charge in [0, 0.05) is 22.6 Å². The standard InChI is InChI=1S/C14H10ClNO3S/c15-12-6-1-2-7-14(12)20-9-13(17)10-4-3-5-11(8-10)16(18)19/h1-8H,9H2. The summed E-state index contributed by atoms with van der Waals surface area (Å²) in [5, 5.41) is 11.3. The number of nitro groups is 1. The minimum absolute atomic E-state index is 0.0846. The number of Topliss-reactive ketones (excluding diaryl/α,β-unsaturated/α-hetero) is 1. The van der Waals surface area contributed by atoms with Crippen LogP contribution in [-0.2, 0) is 0 Å². The van der Waals surface area contributed by atoms with E-state index >= 15 is 0 Å². The van der Waals surface area contributed by atoms with Crippen molar-refractivity contribution in [3.63, 3.8) is 0 Å². The molecule has 0 aliphatic carbocycles. The number of carbonyl (C=O) groups excluding carboxylic acids is 1. The molecule has 2 aromatic carbocycles. The summed E-state index contributed by atoms with van der Waals surface area (Å²) in [7, 11) is 0. The van der Waals surface area contributed by atoms with E-state index in [-0.39, 0.29) is 17.2 Å². The number of thioether (sulfide) groups is 1. The topological polar surface area (TPSA) is 60.2 Å². The Kier molecular flexibility index (Phi) is 4.76. The molecule has 0 N–H and O–H groups in total. The van der Waals surface area contributed by atoms with E-state index in [9.17, 15) is 14.9 Å². The Morgan fingerprint density at radius 2 is 1.95 bits per heavy atom. The number of benzene rings is 2.